The number of hydrogen-bond acceptors (Lipinski definition) is 8. The minimum absolute atomic E-state index is 0.00798. The van der Waals surface area contributed by atoms with Crippen molar-refractivity contribution in [2.45, 2.75) is 19.4 Å². The van der Waals surface area contributed by atoms with Crippen LogP contribution in [0.5, 0.6) is 0 Å². The summed E-state index contributed by atoms with van der Waals surface area (Å²) >= 11 is 0. The van der Waals surface area contributed by atoms with Gasteiger partial charge in [-0.1, -0.05) is 18.1 Å². The summed E-state index contributed by atoms with van der Waals surface area (Å²) in [7, 11) is 1.56. The van der Waals surface area contributed by atoms with Gasteiger partial charge in [-0.25, -0.2) is 4.39 Å². The van der Waals surface area contributed by atoms with Crippen molar-refractivity contribution in [2.24, 2.45) is 7.05 Å². The van der Waals surface area contributed by atoms with Crippen LogP contribution in [0.25, 0.3) is 11.5 Å². The molecule has 1 aromatic carbocycles. The molecular weight excluding hydrogens is 381 g/mol. The Balaban J connectivity index is 1.97. The molecule has 2 aromatic heterocycles. The Bertz CT molecular complexity index is 1050. The summed E-state index contributed by atoms with van der Waals surface area (Å²) in [6, 6.07) is 5.47. The van der Waals surface area contributed by atoms with Gasteiger partial charge in [0, 0.05) is 19.3 Å². The second-order valence-corrected chi connectivity index (χ2v) is 6.46. The number of halogens is 1. The van der Waals surface area contributed by atoms with Crippen molar-refractivity contribution in [3.8, 4) is 11.5 Å². The number of hydrogen-bond donors (Lipinski definition) is 4. The summed E-state index contributed by atoms with van der Waals surface area (Å²) in [6.45, 7) is 1.28. The van der Waals surface area contributed by atoms with Gasteiger partial charge in [0.15, 0.2) is 0 Å². The van der Waals surface area contributed by atoms with Gasteiger partial charge in [0.1, 0.15) is 5.82 Å². The van der Waals surface area contributed by atoms with E-state index in [2.05, 4.69) is 20.8 Å². The lowest BCUT2D eigenvalue weighted by Crippen LogP contribution is -2.27. The lowest BCUT2D eigenvalue weighted by Gasteiger charge is -2.13. The first-order valence-corrected chi connectivity index (χ1v) is 9.03. The van der Waals surface area contributed by atoms with E-state index in [9.17, 15) is 9.18 Å². The molecule has 0 amide bonds. The standard InChI is InChI=1S/C19H22FN5O4/c1-3-11-4-5-15(14(20)6-11)22-16-7-17(28)25(2)8-13(16)18-23-24-19(29-18)21-12(9-26)10-27/h4-8,12,22,26-27H,3,9-10H2,1-2H3,(H,21,24). The first kappa shape index (κ1) is 20.5. The Kier molecular flexibility index (Phi) is 6.25. The Morgan fingerprint density at radius 1 is 1.21 bits per heavy atom. The maximum atomic E-state index is 14.4. The van der Waals surface area contributed by atoms with Crippen LogP contribution in [0.2, 0.25) is 0 Å². The molecule has 0 aliphatic heterocycles. The fourth-order valence-corrected chi connectivity index (χ4v) is 2.64. The molecule has 154 valence electrons. The molecule has 10 heteroatoms. The number of aromatic nitrogens is 3. The smallest absolute Gasteiger partial charge is 0.316 e. The second-order valence-electron chi connectivity index (χ2n) is 6.46. The third-order valence-electron chi connectivity index (χ3n) is 4.36. The van der Waals surface area contributed by atoms with E-state index in [0.29, 0.717) is 17.7 Å². The SMILES string of the molecule is CCc1ccc(Nc2cc(=O)n(C)cc2-c2nnc(NC(CO)CO)o2)c(F)c1. The topological polar surface area (TPSA) is 125 Å². The van der Waals surface area contributed by atoms with Crippen LogP contribution in [-0.2, 0) is 13.5 Å². The van der Waals surface area contributed by atoms with Gasteiger partial charge in [-0.2, -0.15) is 0 Å². The summed E-state index contributed by atoms with van der Waals surface area (Å²) in [4.78, 5) is 12.1. The minimum atomic E-state index is -0.660. The van der Waals surface area contributed by atoms with Crippen molar-refractivity contribution in [1.29, 1.82) is 0 Å². The van der Waals surface area contributed by atoms with E-state index in [1.54, 1.807) is 19.2 Å². The molecule has 2 heterocycles. The largest absolute Gasteiger partial charge is 0.403 e. The number of pyridine rings is 1. The molecule has 0 saturated carbocycles. The van der Waals surface area contributed by atoms with Crippen molar-refractivity contribution < 1.29 is 19.0 Å². The molecule has 0 aliphatic carbocycles. The van der Waals surface area contributed by atoms with Gasteiger partial charge < -0.3 is 29.8 Å². The first-order chi connectivity index (χ1) is 13.9. The summed E-state index contributed by atoms with van der Waals surface area (Å²) in [6.07, 6.45) is 2.20. The van der Waals surface area contributed by atoms with E-state index in [1.807, 2.05) is 6.92 Å². The van der Waals surface area contributed by atoms with Gasteiger partial charge in [-0.05, 0) is 24.1 Å². The highest BCUT2D eigenvalue weighted by Crippen LogP contribution is 2.30. The molecule has 3 rings (SSSR count). The van der Waals surface area contributed by atoms with Gasteiger partial charge in [0.05, 0.1) is 36.2 Å². The monoisotopic (exact) mass is 403 g/mol. The summed E-state index contributed by atoms with van der Waals surface area (Å²) in [5.74, 6) is -0.372. The molecule has 29 heavy (non-hydrogen) atoms. The van der Waals surface area contributed by atoms with Gasteiger partial charge in [0.2, 0.25) is 0 Å². The number of aliphatic hydroxyl groups excluding tert-OH is 2. The Labute approximate surface area is 165 Å². The molecule has 0 unspecified atom stereocenters. The highest BCUT2D eigenvalue weighted by Gasteiger charge is 2.17. The second kappa shape index (κ2) is 8.84. The summed E-state index contributed by atoms with van der Waals surface area (Å²) in [5.41, 5.74) is 1.44. The molecule has 0 atom stereocenters. The molecule has 0 spiro atoms. The van der Waals surface area contributed by atoms with Gasteiger partial charge in [-0.15, -0.1) is 5.10 Å². The minimum Gasteiger partial charge on any atom is -0.403 e. The van der Waals surface area contributed by atoms with E-state index in [0.717, 1.165) is 5.56 Å². The highest BCUT2D eigenvalue weighted by molar-refractivity contribution is 5.76. The lowest BCUT2D eigenvalue weighted by atomic mass is 10.1. The maximum absolute atomic E-state index is 14.4. The third kappa shape index (κ3) is 4.61. The number of nitrogens with one attached hydrogen (secondary N) is 2. The van der Waals surface area contributed by atoms with Crippen molar-refractivity contribution >= 4 is 17.4 Å². The van der Waals surface area contributed by atoms with Crippen LogP contribution in [0.15, 0.2) is 39.7 Å². The van der Waals surface area contributed by atoms with Crippen molar-refractivity contribution in [1.82, 2.24) is 14.8 Å². The number of rotatable bonds is 8. The number of aliphatic hydroxyl groups is 2. The molecule has 9 nitrogen and oxygen atoms in total. The van der Waals surface area contributed by atoms with Gasteiger partial charge in [0.25, 0.3) is 11.4 Å². The number of anilines is 3. The van der Waals surface area contributed by atoms with Crippen LogP contribution < -0.4 is 16.2 Å². The van der Waals surface area contributed by atoms with Crippen LogP contribution >= 0.6 is 0 Å². The number of benzene rings is 1. The molecule has 3 aromatic rings. The molecule has 0 saturated heterocycles. The molecular formula is C19H22FN5O4. The fraction of sp³-hybridized carbons (Fsp3) is 0.316. The highest BCUT2D eigenvalue weighted by atomic mass is 19.1. The quantitative estimate of drug-likeness (QED) is 0.447. The Morgan fingerprint density at radius 3 is 2.62 bits per heavy atom. The lowest BCUT2D eigenvalue weighted by molar-refractivity contribution is 0.202. The molecule has 0 fully saturated rings. The van der Waals surface area contributed by atoms with E-state index in [1.165, 1.54) is 22.9 Å². The van der Waals surface area contributed by atoms with Gasteiger partial charge in [-0.3, -0.25) is 4.79 Å². The number of aryl methyl sites for hydroxylation is 2. The summed E-state index contributed by atoms with van der Waals surface area (Å²) < 4.78 is 21.3. The van der Waals surface area contributed by atoms with Crippen molar-refractivity contribution in [3.63, 3.8) is 0 Å². The van der Waals surface area contributed by atoms with E-state index < -0.39 is 11.9 Å². The first-order valence-electron chi connectivity index (χ1n) is 9.03. The van der Waals surface area contributed by atoms with Crippen LogP contribution in [0, 0.1) is 5.82 Å². The van der Waals surface area contributed by atoms with E-state index in [4.69, 9.17) is 14.6 Å². The third-order valence-corrected chi connectivity index (χ3v) is 4.36. The van der Waals surface area contributed by atoms with Crippen LogP contribution in [0.4, 0.5) is 21.8 Å². The van der Waals surface area contributed by atoms with E-state index in [-0.39, 0.29) is 36.4 Å². The number of nitrogens with zero attached hydrogens (tertiary/aromatic N) is 3. The zero-order valence-electron chi connectivity index (χ0n) is 16.0. The summed E-state index contributed by atoms with van der Waals surface area (Å²) in [5, 5.41) is 31.7. The Morgan fingerprint density at radius 2 is 1.97 bits per heavy atom. The van der Waals surface area contributed by atoms with Crippen LogP contribution in [-0.4, -0.2) is 44.2 Å². The molecule has 0 bridgehead atoms. The molecule has 4 N–H and O–H groups in total. The predicted octanol–water partition coefficient (Wildman–Crippen LogP) is 1.65. The molecule has 0 radical (unpaired) electrons. The van der Waals surface area contributed by atoms with E-state index >= 15 is 0 Å². The maximum Gasteiger partial charge on any atom is 0.316 e. The zero-order chi connectivity index (χ0) is 21.0. The average Bonchev–Trinajstić information content (AvgIpc) is 3.18. The van der Waals surface area contributed by atoms with Crippen LogP contribution in [0.3, 0.4) is 0 Å². The van der Waals surface area contributed by atoms with Gasteiger partial charge >= 0.3 is 6.01 Å². The predicted molar refractivity (Wildman–Crippen MR) is 106 cm³/mol. The van der Waals surface area contributed by atoms with Crippen molar-refractivity contribution in [2.75, 3.05) is 23.8 Å². The normalized spacial score (nSPS) is 11.1. The Hall–Kier alpha value is -3.24. The fourth-order valence-electron chi connectivity index (χ4n) is 2.64. The average molecular weight is 403 g/mol. The molecule has 0 aliphatic rings. The zero-order valence-corrected chi connectivity index (χ0v) is 16.0. The van der Waals surface area contributed by atoms with Crippen LogP contribution in [0.1, 0.15) is 12.5 Å². The van der Waals surface area contributed by atoms with Crippen molar-refractivity contribution in [3.05, 3.63) is 52.2 Å².